The van der Waals surface area contributed by atoms with E-state index in [2.05, 4.69) is 38.2 Å². The van der Waals surface area contributed by atoms with E-state index in [0.29, 0.717) is 23.9 Å². The first-order chi connectivity index (χ1) is 29.0. The van der Waals surface area contributed by atoms with Crippen molar-refractivity contribution in [3.05, 3.63) is 24.3 Å². The first-order valence-corrected chi connectivity index (χ1v) is 26.6. The number of phosphoric ester groups is 1. The Balaban J connectivity index is 4.22. The molecule has 2 atom stereocenters. The van der Waals surface area contributed by atoms with Gasteiger partial charge in [-0.15, -0.1) is 0 Å². The second kappa shape index (κ2) is 42.8. The molecule has 0 spiro atoms. The minimum atomic E-state index is -4.38. The smallest absolute Gasteiger partial charge is 0.462 e. The summed E-state index contributed by atoms with van der Waals surface area (Å²) in [5, 5.41) is 0. The standard InChI is InChI=1S/C50H96NO8P/c1-6-8-10-12-14-16-18-20-22-23-24-25-26-27-29-30-32-34-36-38-40-42-49(52)56-46-48(47-58-60(54,55)57-45-44-51(3,4)5)59-50(53)43-41-39-37-35-33-31-28-21-19-17-15-13-11-9-7-2/h13,15,20,22,48H,6-12,14,16-19,21,23-47H2,1-5H3/p+1/b15-13+,22-20+/t48-/m0/s1. The lowest BCUT2D eigenvalue weighted by Crippen LogP contribution is -2.37. The Morgan fingerprint density at radius 3 is 1.28 bits per heavy atom. The predicted octanol–water partition coefficient (Wildman–Crippen LogP) is 14.7. The Hall–Kier alpha value is -1.51. The summed E-state index contributed by atoms with van der Waals surface area (Å²) in [5.74, 6) is -0.793. The first kappa shape index (κ1) is 58.5. The molecule has 0 aliphatic heterocycles. The first-order valence-electron chi connectivity index (χ1n) is 25.1. The molecule has 0 amide bonds. The van der Waals surface area contributed by atoms with Crippen molar-refractivity contribution in [2.45, 2.75) is 238 Å². The van der Waals surface area contributed by atoms with Gasteiger partial charge in [0.2, 0.25) is 0 Å². The zero-order valence-corrected chi connectivity index (χ0v) is 40.9. The number of unbranched alkanes of at least 4 members (excludes halogenated alkanes) is 28. The number of phosphoric acid groups is 1. The fourth-order valence-electron chi connectivity index (χ4n) is 6.99. The molecule has 0 bridgehead atoms. The summed E-state index contributed by atoms with van der Waals surface area (Å²) in [7, 11) is 1.48. The van der Waals surface area contributed by atoms with E-state index in [0.717, 1.165) is 38.5 Å². The second-order valence-electron chi connectivity index (χ2n) is 18.2. The summed E-state index contributed by atoms with van der Waals surface area (Å²) in [6.45, 7) is 4.42. The van der Waals surface area contributed by atoms with Crippen LogP contribution in [0.4, 0.5) is 0 Å². The number of hydrogen-bond acceptors (Lipinski definition) is 7. The van der Waals surface area contributed by atoms with Gasteiger partial charge < -0.3 is 18.9 Å². The lowest BCUT2D eigenvalue weighted by molar-refractivity contribution is -0.870. The van der Waals surface area contributed by atoms with Gasteiger partial charge in [-0.25, -0.2) is 4.57 Å². The number of carbonyl (C=O) groups is 2. The van der Waals surface area contributed by atoms with Crippen LogP contribution in [0.1, 0.15) is 232 Å². The molecule has 0 fully saturated rings. The number of hydrogen-bond donors (Lipinski definition) is 1. The Labute approximate surface area is 370 Å². The molecule has 0 radical (unpaired) electrons. The molecule has 0 heterocycles. The molecule has 1 unspecified atom stereocenters. The van der Waals surface area contributed by atoms with Gasteiger partial charge in [-0.1, -0.05) is 186 Å². The Morgan fingerprint density at radius 1 is 0.500 bits per heavy atom. The number of nitrogens with zero attached hydrogens (tertiary/aromatic N) is 1. The molecule has 0 aromatic heterocycles. The number of esters is 2. The van der Waals surface area contributed by atoms with Crippen molar-refractivity contribution in [3.63, 3.8) is 0 Å². The fourth-order valence-corrected chi connectivity index (χ4v) is 7.73. The Kier molecular flexibility index (Phi) is 41.7. The van der Waals surface area contributed by atoms with E-state index in [1.807, 2.05) is 21.1 Å². The van der Waals surface area contributed by atoms with Crippen molar-refractivity contribution in [2.75, 3.05) is 47.5 Å². The van der Waals surface area contributed by atoms with E-state index >= 15 is 0 Å². The number of ether oxygens (including phenoxy) is 2. The Morgan fingerprint density at radius 2 is 0.867 bits per heavy atom. The lowest BCUT2D eigenvalue weighted by atomic mass is 10.0. The van der Waals surface area contributed by atoms with Gasteiger partial charge in [0, 0.05) is 12.8 Å². The van der Waals surface area contributed by atoms with E-state index < -0.39 is 26.5 Å². The van der Waals surface area contributed by atoms with Crippen LogP contribution in [0.3, 0.4) is 0 Å². The summed E-state index contributed by atoms with van der Waals surface area (Å²) < 4.78 is 34.4. The second-order valence-corrected chi connectivity index (χ2v) is 19.6. The van der Waals surface area contributed by atoms with Crippen molar-refractivity contribution in [1.82, 2.24) is 0 Å². The number of allylic oxidation sites excluding steroid dienone is 4. The van der Waals surface area contributed by atoms with Gasteiger partial charge in [0.25, 0.3) is 0 Å². The van der Waals surface area contributed by atoms with Gasteiger partial charge in [-0.3, -0.25) is 18.6 Å². The van der Waals surface area contributed by atoms with Crippen molar-refractivity contribution >= 4 is 19.8 Å². The molecule has 0 aliphatic carbocycles. The molecule has 0 saturated heterocycles. The topological polar surface area (TPSA) is 108 Å². The Bertz CT molecular complexity index is 1070. The highest BCUT2D eigenvalue weighted by atomic mass is 31.2. The monoisotopic (exact) mass is 871 g/mol. The average Bonchev–Trinajstić information content (AvgIpc) is 3.20. The lowest BCUT2D eigenvalue weighted by Gasteiger charge is -2.24. The molecule has 1 N–H and O–H groups in total. The quantitative estimate of drug-likeness (QED) is 0.0212. The van der Waals surface area contributed by atoms with E-state index in [1.54, 1.807) is 0 Å². The molecule has 354 valence electrons. The highest BCUT2D eigenvalue weighted by Crippen LogP contribution is 2.43. The van der Waals surface area contributed by atoms with Crippen LogP contribution < -0.4 is 0 Å². The van der Waals surface area contributed by atoms with Crippen LogP contribution in [-0.4, -0.2) is 74.9 Å². The summed E-state index contributed by atoms with van der Waals surface area (Å²) in [5.41, 5.74) is 0. The molecule has 0 rings (SSSR count). The van der Waals surface area contributed by atoms with E-state index in [4.69, 9.17) is 18.5 Å². The normalized spacial score (nSPS) is 13.6. The number of rotatable bonds is 46. The molecular formula is C50H97NO8P+. The summed E-state index contributed by atoms with van der Waals surface area (Å²) >= 11 is 0. The van der Waals surface area contributed by atoms with Crippen LogP contribution in [0.15, 0.2) is 24.3 Å². The number of quaternary nitrogens is 1. The van der Waals surface area contributed by atoms with Crippen LogP contribution in [0.25, 0.3) is 0 Å². The van der Waals surface area contributed by atoms with Crippen molar-refractivity contribution < 1.29 is 42.1 Å². The summed E-state index contributed by atoms with van der Waals surface area (Å²) in [6.07, 6.45) is 47.9. The highest BCUT2D eigenvalue weighted by molar-refractivity contribution is 7.47. The van der Waals surface area contributed by atoms with Crippen LogP contribution in [0.5, 0.6) is 0 Å². The molecule has 0 aliphatic rings. The van der Waals surface area contributed by atoms with E-state index in [1.165, 1.54) is 161 Å². The largest absolute Gasteiger partial charge is 0.472 e. The third-order valence-electron chi connectivity index (χ3n) is 11.0. The van der Waals surface area contributed by atoms with Gasteiger partial charge in [-0.05, 0) is 57.8 Å². The van der Waals surface area contributed by atoms with Gasteiger partial charge in [0.05, 0.1) is 27.7 Å². The minimum Gasteiger partial charge on any atom is -0.462 e. The molecule has 0 saturated carbocycles. The zero-order valence-electron chi connectivity index (χ0n) is 40.0. The van der Waals surface area contributed by atoms with Crippen molar-refractivity contribution in [1.29, 1.82) is 0 Å². The summed E-state index contributed by atoms with van der Waals surface area (Å²) in [4.78, 5) is 35.5. The minimum absolute atomic E-state index is 0.0329. The van der Waals surface area contributed by atoms with Crippen molar-refractivity contribution in [2.24, 2.45) is 0 Å². The SMILES string of the molecule is CCCC/C=C/CCCCCCCCCCCC(=O)O[C@@H](COC(=O)CCCCCCCCCCCCC/C=C/CCCCCCCC)COP(=O)(O)OCC[N+](C)(C)C. The predicted molar refractivity (Wildman–Crippen MR) is 252 cm³/mol. The number of carbonyl (C=O) groups excluding carboxylic acids is 2. The maximum Gasteiger partial charge on any atom is 0.472 e. The zero-order chi connectivity index (χ0) is 44.3. The number of likely N-dealkylation sites (N-methyl/N-ethyl adjacent to an activating group) is 1. The molecule has 0 aromatic rings. The molecule has 9 nitrogen and oxygen atoms in total. The van der Waals surface area contributed by atoms with Gasteiger partial charge in [-0.2, -0.15) is 0 Å². The van der Waals surface area contributed by atoms with Crippen molar-refractivity contribution in [3.8, 4) is 0 Å². The van der Waals surface area contributed by atoms with Crippen LogP contribution in [-0.2, 0) is 32.7 Å². The van der Waals surface area contributed by atoms with Gasteiger partial charge in [0.1, 0.15) is 19.8 Å². The molecule has 60 heavy (non-hydrogen) atoms. The molecular weight excluding hydrogens is 774 g/mol. The highest BCUT2D eigenvalue weighted by Gasteiger charge is 2.27. The van der Waals surface area contributed by atoms with E-state index in [9.17, 15) is 19.0 Å². The van der Waals surface area contributed by atoms with E-state index in [-0.39, 0.29) is 25.6 Å². The molecule has 0 aromatic carbocycles. The maximum absolute atomic E-state index is 12.7. The summed E-state index contributed by atoms with van der Waals surface area (Å²) in [6, 6.07) is 0. The van der Waals surface area contributed by atoms with Crippen LogP contribution in [0.2, 0.25) is 0 Å². The molecule has 10 heteroatoms. The van der Waals surface area contributed by atoms with Gasteiger partial charge in [0.15, 0.2) is 6.10 Å². The van der Waals surface area contributed by atoms with Crippen LogP contribution >= 0.6 is 7.82 Å². The fraction of sp³-hybridized carbons (Fsp3) is 0.880. The average molecular weight is 871 g/mol. The third kappa shape index (κ3) is 46.0. The van der Waals surface area contributed by atoms with Crippen LogP contribution in [0, 0.1) is 0 Å². The van der Waals surface area contributed by atoms with Gasteiger partial charge >= 0.3 is 19.8 Å². The maximum atomic E-state index is 12.7. The third-order valence-corrected chi connectivity index (χ3v) is 11.9.